The monoisotopic (exact) mass is 303 g/mol. The lowest BCUT2D eigenvalue weighted by atomic mass is 10.1. The molecule has 2 aromatic rings. The molecule has 0 saturated carbocycles. The van der Waals surface area contributed by atoms with Crippen molar-refractivity contribution in [3.05, 3.63) is 46.3 Å². The molecule has 1 aromatic heterocycles. The predicted octanol–water partition coefficient (Wildman–Crippen LogP) is 1.33. The van der Waals surface area contributed by atoms with E-state index >= 15 is 0 Å². The standard InChI is InChI=1S/C16H17NO5/c1-2-21-14-9-20-8-12(14)17-15(18)11-7-10-5-3-4-6-13(10)22-16(11)19/h3-7,12,14H,2,8-9H2,1H3,(H,17,18)/t12-,14-/m0/s1. The Kier molecular flexibility index (Phi) is 4.22. The molecule has 1 aliphatic rings. The van der Waals surface area contributed by atoms with Crippen molar-refractivity contribution in [2.75, 3.05) is 19.8 Å². The summed E-state index contributed by atoms with van der Waals surface area (Å²) >= 11 is 0. The summed E-state index contributed by atoms with van der Waals surface area (Å²) in [6.07, 6.45) is -0.193. The molecule has 1 aliphatic heterocycles. The van der Waals surface area contributed by atoms with Gasteiger partial charge in [0.1, 0.15) is 17.3 Å². The molecule has 0 spiro atoms. The van der Waals surface area contributed by atoms with Gasteiger partial charge in [-0.3, -0.25) is 4.79 Å². The molecular formula is C16H17NO5. The molecule has 0 aliphatic carbocycles. The largest absolute Gasteiger partial charge is 0.422 e. The lowest BCUT2D eigenvalue weighted by Gasteiger charge is -2.18. The fourth-order valence-corrected chi connectivity index (χ4v) is 2.51. The Morgan fingerprint density at radius 2 is 2.18 bits per heavy atom. The summed E-state index contributed by atoms with van der Waals surface area (Å²) in [5, 5.41) is 3.49. The van der Waals surface area contributed by atoms with Crippen LogP contribution in [-0.2, 0) is 9.47 Å². The first-order valence-corrected chi connectivity index (χ1v) is 7.22. The summed E-state index contributed by atoms with van der Waals surface area (Å²) in [5.74, 6) is -0.472. The first kappa shape index (κ1) is 14.7. The highest BCUT2D eigenvalue weighted by molar-refractivity contribution is 5.96. The van der Waals surface area contributed by atoms with Gasteiger partial charge in [0.2, 0.25) is 0 Å². The van der Waals surface area contributed by atoms with E-state index in [0.29, 0.717) is 30.8 Å². The number of rotatable bonds is 4. The van der Waals surface area contributed by atoms with E-state index in [1.54, 1.807) is 24.3 Å². The maximum atomic E-state index is 12.3. The third kappa shape index (κ3) is 2.88. The van der Waals surface area contributed by atoms with E-state index in [2.05, 4.69) is 5.32 Å². The number of carbonyl (C=O) groups is 1. The molecule has 2 atom stereocenters. The smallest absolute Gasteiger partial charge is 0.349 e. The van der Waals surface area contributed by atoms with Crippen molar-refractivity contribution in [1.82, 2.24) is 5.32 Å². The molecule has 22 heavy (non-hydrogen) atoms. The number of nitrogens with one attached hydrogen (secondary N) is 1. The molecule has 1 N–H and O–H groups in total. The van der Waals surface area contributed by atoms with Crippen LogP contribution >= 0.6 is 0 Å². The molecule has 1 amide bonds. The van der Waals surface area contributed by atoms with Crippen molar-refractivity contribution >= 4 is 16.9 Å². The van der Waals surface area contributed by atoms with Crippen molar-refractivity contribution in [2.24, 2.45) is 0 Å². The van der Waals surface area contributed by atoms with Crippen LogP contribution in [0.5, 0.6) is 0 Å². The molecule has 2 heterocycles. The summed E-state index contributed by atoms with van der Waals surface area (Å²) in [6, 6.07) is 8.35. The summed E-state index contributed by atoms with van der Waals surface area (Å²) in [5.41, 5.74) is -0.204. The number of carbonyl (C=O) groups excluding carboxylic acids is 1. The summed E-state index contributed by atoms with van der Waals surface area (Å²) in [7, 11) is 0. The summed E-state index contributed by atoms with van der Waals surface area (Å²) in [4.78, 5) is 24.3. The number of ether oxygens (including phenoxy) is 2. The van der Waals surface area contributed by atoms with Crippen LogP contribution in [0.25, 0.3) is 11.0 Å². The van der Waals surface area contributed by atoms with E-state index in [-0.39, 0.29) is 17.7 Å². The highest BCUT2D eigenvalue weighted by Gasteiger charge is 2.31. The molecule has 6 nitrogen and oxygen atoms in total. The molecule has 1 aromatic carbocycles. The minimum absolute atomic E-state index is 0.0131. The molecule has 0 unspecified atom stereocenters. The predicted molar refractivity (Wildman–Crippen MR) is 80.0 cm³/mol. The van der Waals surface area contributed by atoms with Gasteiger partial charge in [-0.1, -0.05) is 18.2 Å². The van der Waals surface area contributed by atoms with Crippen molar-refractivity contribution in [3.63, 3.8) is 0 Å². The Morgan fingerprint density at radius 3 is 3.00 bits per heavy atom. The van der Waals surface area contributed by atoms with Crippen molar-refractivity contribution in [1.29, 1.82) is 0 Å². The molecule has 1 saturated heterocycles. The highest BCUT2D eigenvalue weighted by Crippen LogP contribution is 2.14. The van der Waals surface area contributed by atoms with E-state index in [0.717, 1.165) is 0 Å². The van der Waals surface area contributed by atoms with Gasteiger partial charge in [-0.15, -0.1) is 0 Å². The van der Waals surface area contributed by atoms with E-state index < -0.39 is 11.5 Å². The molecule has 0 radical (unpaired) electrons. The zero-order valence-corrected chi connectivity index (χ0v) is 12.2. The Hall–Kier alpha value is -2.18. The van der Waals surface area contributed by atoms with Crippen molar-refractivity contribution in [2.45, 2.75) is 19.1 Å². The van der Waals surface area contributed by atoms with E-state index in [9.17, 15) is 9.59 Å². The van der Waals surface area contributed by atoms with Gasteiger partial charge < -0.3 is 19.2 Å². The second-order valence-corrected chi connectivity index (χ2v) is 5.10. The minimum atomic E-state index is -0.650. The molecule has 6 heteroatoms. The van der Waals surface area contributed by atoms with Crippen LogP contribution in [0.15, 0.2) is 39.5 Å². The lowest BCUT2D eigenvalue weighted by molar-refractivity contribution is 0.0402. The maximum Gasteiger partial charge on any atom is 0.349 e. The second-order valence-electron chi connectivity index (χ2n) is 5.10. The molecule has 116 valence electrons. The lowest BCUT2D eigenvalue weighted by Crippen LogP contribution is -2.44. The molecular weight excluding hydrogens is 286 g/mol. The summed E-state index contributed by atoms with van der Waals surface area (Å²) < 4.78 is 16.0. The highest BCUT2D eigenvalue weighted by atomic mass is 16.5. The van der Waals surface area contributed by atoms with Crippen LogP contribution in [0.1, 0.15) is 17.3 Å². The topological polar surface area (TPSA) is 77.8 Å². The average Bonchev–Trinajstić information content (AvgIpc) is 2.94. The van der Waals surface area contributed by atoms with Crippen LogP contribution in [-0.4, -0.2) is 37.9 Å². The van der Waals surface area contributed by atoms with Crippen LogP contribution in [0.3, 0.4) is 0 Å². The average molecular weight is 303 g/mol. The number of hydrogen-bond donors (Lipinski definition) is 1. The Labute approximate surface area is 127 Å². The van der Waals surface area contributed by atoms with Gasteiger partial charge in [-0.25, -0.2) is 4.79 Å². The number of fused-ring (bicyclic) bond motifs is 1. The Bertz CT molecular complexity index is 739. The number of para-hydroxylation sites is 1. The number of benzene rings is 1. The van der Waals surface area contributed by atoms with Gasteiger partial charge in [0.05, 0.1) is 19.3 Å². The first-order valence-electron chi connectivity index (χ1n) is 7.22. The van der Waals surface area contributed by atoms with Crippen LogP contribution in [0.4, 0.5) is 0 Å². The summed E-state index contributed by atoms with van der Waals surface area (Å²) in [6.45, 7) is 3.23. The van der Waals surface area contributed by atoms with E-state index in [1.165, 1.54) is 0 Å². The van der Waals surface area contributed by atoms with E-state index in [4.69, 9.17) is 13.9 Å². The van der Waals surface area contributed by atoms with Crippen molar-refractivity contribution in [3.8, 4) is 0 Å². The zero-order chi connectivity index (χ0) is 15.5. The van der Waals surface area contributed by atoms with Gasteiger partial charge >= 0.3 is 5.63 Å². The molecule has 1 fully saturated rings. The molecule has 3 rings (SSSR count). The fraction of sp³-hybridized carbons (Fsp3) is 0.375. The Morgan fingerprint density at radius 1 is 1.36 bits per heavy atom. The quantitative estimate of drug-likeness (QED) is 0.862. The van der Waals surface area contributed by atoms with Gasteiger partial charge in [-0.2, -0.15) is 0 Å². The van der Waals surface area contributed by atoms with Gasteiger partial charge in [0, 0.05) is 12.0 Å². The third-order valence-corrected chi connectivity index (χ3v) is 3.61. The van der Waals surface area contributed by atoms with Gasteiger partial charge in [0.25, 0.3) is 5.91 Å². The van der Waals surface area contributed by atoms with Crippen LogP contribution in [0, 0.1) is 0 Å². The van der Waals surface area contributed by atoms with E-state index in [1.807, 2.05) is 13.0 Å². The van der Waals surface area contributed by atoms with Gasteiger partial charge in [-0.05, 0) is 19.1 Å². The first-order chi connectivity index (χ1) is 10.7. The third-order valence-electron chi connectivity index (χ3n) is 3.61. The number of amides is 1. The van der Waals surface area contributed by atoms with Crippen molar-refractivity contribution < 1.29 is 18.7 Å². The Balaban J connectivity index is 1.83. The minimum Gasteiger partial charge on any atom is -0.422 e. The zero-order valence-electron chi connectivity index (χ0n) is 12.2. The SMILES string of the molecule is CCO[C@H]1COC[C@@H]1NC(=O)c1cc2ccccc2oc1=O. The van der Waals surface area contributed by atoms with Crippen LogP contribution in [0.2, 0.25) is 0 Å². The van der Waals surface area contributed by atoms with Gasteiger partial charge in [0.15, 0.2) is 0 Å². The normalized spacial score (nSPS) is 21.1. The van der Waals surface area contributed by atoms with Crippen LogP contribution < -0.4 is 10.9 Å². The fourth-order valence-electron chi connectivity index (χ4n) is 2.51. The maximum absolute atomic E-state index is 12.3. The number of hydrogen-bond acceptors (Lipinski definition) is 5. The molecule has 0 bridgehead atoms. The second kappa shape index (κ2) is 6.29.